The van der Waals surface area contributed by atoms with Crippen LogP contribution in [-0.2, 0) is 0 Å². The summed E-state index contributed by atoms with van der Waals surface area (Å²) in [6.07, 6.45) is 6.84. The summed E-state index contributed by atoms with van der Waals surface area (Å²) in [7, 11) is 0. The smallest absolute Gasteiger partial charge is 0.287 e. The normalized spacial score (nSPS) is 18.6. The van der Waals surface area contributed by atoms with E-state index in [2.05, 4.69) is 5.32 Å². The Labute approximate surface area is 188 Å². The van der Waals surface area contributed by atoms with Gasteiger partial charge >= 0.3 is 0 Å². The number of aryl methyl sites for hydroxylation is 1. The minimum Gasteiger partial charge on any atom is -0.486 e. The Morgan fingerprint density at radius 2 is 1.75 bits per heavy atom. The molecule has 0 unspecified atom stereocenters. The highest BCUT2D eigenvalue weighted by Crippen LogP contribution is 2.44. The second-order valence-corrected chi connectivity index (χ2v) is 9.27. The van der Waals surface area contributed by atoms with Crippen molar-refractivity contribution in [2.75, 3.05) is 0 Å². The lowest BCUT2D eigenvalue weighted by atomic mass is 9.83. The molecule has 1 spiro atoms. The maximum absolute atomic E-state index is 13.4. The molecule has 1 atom stereocenters. The third kappa shape index (κ3) is 3.60. The summed E-state index contributed by atoms with van der Waals surface area (Å²) in [5.41, 5.74) is 2.44. The van der Waals surface area contributed by atoms with Crippen LogP contribution in [-0.4, -0.2) is 17.3 Å². The van der Waals surface area contributed by atoms with E-state index >= 15 is 0 Å². The molecule has 5 rings (SSSR count). The highest BCUT2D eigenvalue weighted by molar-refractivity contribution is 6.13. The number of hydrogen-bond acceptors (Lipinski definition) is 4. The van der Waals surface area contributed by atoms with Gasteiger partial charge in [0.15, 0.2) is 11.5 Å². The molecule has 5 nitrogen and oxygen atoms in total. The molecule has 0 radical (unpaired) electrons. The van der Waals surface area contributed by atoms with Crippen molar-refractivity contribution in [3.05, 3.63) is 64.9 Å². The number of Topliss-reactive ketones (excluding diaryl/α,β-unsaturated/α-hetero) is 1. The van der Waals surface area contributed by atoms with Gasteiger partial charge in [-0.05, 0) is 57.2 Å². The Morgan fingerprint density at radius 1 is 1.03 bits per heavy atom. The van der Waals surface area contributed by atoms with Crippen LogP contribution in [0, 0.1) is 6.92 Å². The quantitative estimate of drug-likeness (QED) is 0.529. The predicted molar refractivity (Wildman–Crippen MR) is 123 cm³/mol. The van der Waals surface area contributed by atoms with E-state index in [1.807, 2.05) is 56.3 Å². The highest BCUT2D eigenvalue weighted by atomic mass is 16.5. The summed E-state index contributed by atoms with van der Waals surface area (Å²) < 4.78 is 12.5. The summed E-state index contributed by atoms with van der Waals surface area (Å²) in [4.78, 5) is 26.4. The van der Waals surface area contributed by atoms with E-state index in [9.17, 15) is 9.59 Å². The van der Waals surface area contributed by atoms with Gasteiger partial charge in [-0.25, -0.2) is 0 Å². The molecule has 5 heteroatoms. The topological polar surface area (TPSA) is 68.5 Å². The van der Waals surface area contributed by atoms with Crippen LogP contribution in [0.2, 0.25) is 0 Å². The van der Waals surface area contributed by atoms with Crippen LogP contribution < -0.4 is 10.1 Å². The fraction of sp³-hybridized carbons (Fsp3) is 0.407. The predicted octanol–water partition coefficient (Wildman–Crippen LogP) is 6.29. The highest BCUT2D eigenvalue weighted by Gasteiger charge is 2.42. The van der Waals surface area contributed by atoms with Crippen LogP contribution >= 0.6 is 0 Å². The summed E-state index contributed by atoms with van der Waals surface area (Å²) in [6.45, 7) is 3.79. The number of benzene rings is 2. The number of nitrogens with one attached hydrogen (secondary N) is 1. The molecule has 1 aliphatic heterocycles. The minimum absolute atomic E-state index is 0.0901. The van der Waals surface area contributed by atoms with Gasteiger partial charge in [0.1, 0.15) is 16.9 Å². The molecule has 32 heavy (non-hydrogen) atoms. The fourth-order valence-corrected chi connectivity index (χ4v) is 5.29. The molecule has 2 aromatic carbocycles. The van der Waals surface area contributed by atoms with Crippen LogP contribution in [0.25, 0.3) is 11.0 Å². The molecule has 1 aromatic heterocycles. The molecule has 1 N–H and O–H groups in total. The van der Waals surface area contributed by atoms with Gasteiger partial charge in [-0.1, -0.05) is 43.2 Å². The summed E-state index contributed by atoms with van der Waals surface area (Å²) in [5, 5.41) is 3.71. The zero-order chi connectivity index (χ0) is 22.3. The molecule has 166 valence electrons. The molecule has 1 amide bonds. The van der Waals surface area contributed by atoms with E-state index in [0.717, 1.165) is 31.2 Å². The van der Waals surface area contributed by atoms with Gasteiger partial charge in [0.2, 0.25) is 0 Å². The number of fused-ring (bicyclic) bond motifs is 3. The SMILES string of the molecule is Cc1c(C(=O)N[C@H](C)c2ccccc2)oc2ccc3c(c12)C(=O)CC1(CCCCCC1)O3. The first-order valence-corrected chi connectivity index (χ1v) is 11.6. The lowest BCUT2D eigenvalue weighted by molar-refractivity contribution is 0.0301. The van der Waals surface area contributed by atoms with E-state index in [-0.39, 0.29) is 29.1 Å². The van der Waals surface area contributed by atoms with E-state index in [1.165, 1.54) is 12.8 Å². The number of hydrogen-bond donors (Lipinski definition) is 1. The van der Waals surface area contributed by atoms with Crippen LogP contribution in [0.3, 0.4) is 0 Å². The molecule has 3 aromatic rings. The molecule has 0 saturated heterocycles. The van der Waals surface area contributed by atoms with Gasteiger partial charge < -0.3 is 14.5 Å². The van der Waals surface area contributed by atoms with E-state index in [1.54, 1.807) is 0 Å². The van der Waals surface area contributed by atoms with E-state index in [4.69, 9.17) is 9.15 Å². The number of ether oxygens (including phenoxy) is 1. The zero-order valence-electron chi connectivity index (χ0n) is 18.7. The monoisotopic (exact) mass is 431 g/mol. The lowest BCUT2D eigenvalue weighted by Crippen LogP contribution is -2.41. The van der Waals surface area contributed by atoms with Crippen molar-refractivity contribution in [1.29, 1.82) is 0 Å². The average molecular weight is 432 g/mol. The molecule has 1 fully saturated rings. The van der Waals surface area contributed by atoms with Crippen LogP contribution in [0.1, 0.15) is 90.0 Å². The van der Waals surface area contributed by atoms with Crippen molar-refractivity contribution in [3.63, 3.8) is 0 Å². The Balaban J connectivity index is 1.48. The molecule has 0 bridgehead atoms. The van der Waals surface area contributed by atoms with Gasteiger partial charge in [0.25, 0.3) is 5.91 Å². The van der Waals surface area contributed by atoms with Crippen molar-refractivity contribution in [1.82, 2.24) is 5.32 Å². The van der Waals surface area contributed by atoms with Crippen molar-refractivity contribution in [2.45, 2.75) is 70.4 Å². The first kappa shape index (κ1) is 20.8. The number of carbonyl (C=O) groups is 2. The van der Waals surface area contributed by atoms with Crippen LogP contribution in [0.15, 0.2) is 46.9 Å². The summed E-state index contributed by atoms with van der Waals surface area (Å²) in [6, 6.07) is 13.3. The van der Waals surface area contributed by atoms with Crippen molar-refractivity contribution in [2.24, 2.45) is 0 Å². The first-order chi connectivity index (χ1) is 15.5. The van der Waals surface area contributed by atoms with Crippen LogP contribution in [0.5, 0.6) is 5.75 Å². The van der Waals surface area contributed by atoms with Crippen molar-refractivity contribution >= 4 is 22.7 Å². The zero-order valence-corrected chi connectivity index (χ0v) is 18.7. The van der Waals surface area contributed by atoms with Gasteiger partial charge in [-0.15, -0.1) is 0 Å². The second-order valence-electron chi connectivity index (χ2n) is 9.27. The number of carbonyl (C=O) groups excluding carboxylic acids is 2. The van der Waals surface area contributed by atoms with E-state index < -0.39 is 0 Å². The standard InChI is InChI=1S/C27H29NO4/c1-17-23-21(31-25(17)26(30)28-18(2)19-10-6-5-7-11-19)12-13-22-24(23)20(29)16-27(32-22)14-8-3-4-9-15-27/h5-7,10-13,18H,3-4,8-9,14-16H2,1-2H3,(H,28,30)/t18-/m1/s1. The Kier molecular flexibility index (Phi) is 5.28. The van der Waals surface area contributed by atoms with Crippen molar-refractivity contribution in [3.8, 4) is 5.75 Å². The van der Waals surface area contributed by atoms with Crippen LogP contribution in [0.4, 0.5) is 0 Å². The second kappa shape index (κ2) is 8.12. The maximum Gasteiger partial charge on any atom is 0.287 e. The number of rotatable bonds is 3. The summed E-state index contributed by atoms with van der Waals surface area (Å²) >= 11 is 0. The van der Waals surface area contributed by atoms with Gasteiger partial charge in [-0.2, -0.15) is 0 Å². The minimum atomic E-state index is -0.378. The average Bonchev–Trinajstić information content (AvgIpc) is 2.97. The van der Waals surface area contributed by atoms with Crippen molar-refractivity contribution < 1.29 is 18.7 Å². The molecular weight excluding hydrogens is 402 g/mol. The van der Waals surface area contributed by atoms with Gasteiger partial charge in [0, 0.05) is 10.9 Å². The van der Waals surface area contributed by atoms with Gasteiger partial charge in [0.05, 0.1) is 18.0 Å². The maximum atomic E-state index is 13.4. The Morgan fingerprint density at radius 3 is 2.47 bits per heavy atom. The Hall–Kier alpha value is -3.08. The number of ketones is 1. The lowest BCUT2D eigenvalue weighted by Gasteiger charge is -2.37. The largest absolute Gasteiger partial charge is 0.486 e. The molecule has 2 heterocycles. The Bertz CT molecular complexity index is 1170. The molecule has 1 saturated carbocycles. The van der Waals surface area contributed by atoms with Gasteiger partial charge in [-0.3, -0.25) is 9.59 Å². The number of amides is 1. The summed E-state index contributed by atoms with van der Waals surface area (Å²) in [5.74, 6) is 0.684. The number of furan rings is 1. The molecule has 2 aliphatic rings. The third-order valence-electron chi connectivity index (χ3n) is 7.01. The fourth-order valence-electron chi connectivity index (χ4n) is 5.29. The first-order valence-electron chi connectivity index (χ1n) is 11.6. The van der Waals surface area contributed by atoms with E-state index in [0.29, 0.717) is 34.3 Å². The molecule has 1 aliphatic carbocycles. The third-order valence-corrected chi connectivity index (χ3v) is 7.01. The molecular formula is C27H29NO4.